The van der Waals surface area contributed by atoms with E-state index in [0.717, 1.165) is 12.0 Å². The molecule has 5 heteroatoms. The second kappa shape index (κ2) is 8.62. The number of benzene rings is 1. The van der Waals surface area contributed by atoms with Crippen LogP contribution in [0.25, 0.3) is 6.08 Å². The molecule has 1 aliphatic carbocycles. The van der Waals surface area contributed by atoms with Crippen molar-refractivity contribution < 1.29 is 19.0 Å². The maximum Gasteiger partial charge on any atom is 0.244 e. The first-order chi connectivity index (χ1) is 11.6. The van der Waals surface area contributed by atoms with Crippen molar-refractivity contribution in [3.8, 4) is 17.2 Å². The van der Waals surface area contributed by atoms with E-state index in [1.807, 2.05) is 12.1 Å². The van der Waals surface area contributed by atoms with Gasteiger partial charge in [-0.1, -0.05) is 19.8 Å². The molecule has 132 valence electrons. The number of amides is 1. The fourth-order valence-electron chi connectivity index (χ4n) is 3.13. The van der Waals surface area contributed by atoms with Gasteiger partial charge in [-0.25, -0.2) is 0 Å². The summed E-state index contributed by atoms with van der Waals surface area (Å²) < 4.78 is 15.9. The fraction of sp³-hybridized carbons (Fsp3) is 0.526. The van der Waals surface area contributed by atoms with E-state index in [2.05, 4.69) is 12.2 Å². The average molecular weight is 333 g/mol. The van der Waals surface area contributed by atoms with Gasteiger partial charge in [0.15, 0.2) is 11.5 Å². The number of rotatable bonds is 6. The highest BCUT2D eigenvalue weighted by molar-refractivity contribution is 5.92. The summed E-state index contributed by atoms with van der Waals surface area (Å²) in [4.78, 5) is 12.2. The lowest BCUT2D eigenvalue weighted by Crippen LogP contribution is -2.40. The summed E-state index contributed by atoms with van der Waals surface area (Å²) in [6.07, 6.45) is 8.00. The Labute approximate surface area is 144 Å². The molecule has 0 saturated heterocycles. The molecule has 1 aromatic carbocycles. The second-order valence-electron chi connectivity index (χ2n) is 6.17. The van der Waals surface area contributed by atoms with Crippen LogP contribution >= 0.6 is 0 Å². The maximum absolute atomic E-state index is 12.2. The number of ether oxygens (including phenoxy) is 3. The third kappa shape index (κ3) is 4.43. The van der Waals surface area contributed by atoms with Crippen LogP contribution in [0, 0.1) is 5.92 Å². The van der Waals surface area contributed by atoms with Crippen molar-refractivity contribution in [2.45, 2.75) is 38.6 Å². The molecular weight excluding hydrogens is 306 g/mol. The number of methoxy groups -OCH3 is 3. The van der Waals surface area contributed by atoms with Crippen LogP contribution in [0.3, 0.4) is 0 Å². The van der Waals surface area contributed by atoms with Crippen molar-refractivity contribution in [2.75, 3.05) is 21.3 Å². The van der Waals surface area contributed by atoms with Gasteiger partial charge < -0.3 is 19.5 Å². The van der Waals surface area contributed by atoms with Crippen LogP contribution in [-0.2, 0) is 4.79 Å². The first-order valence-electron chi connectivity index (χ1n) is 8.37. The third-order valence-electron chi connectivity index (χ3n) is 4.55. The quantitative estimate of drug-likeness (QED) is 0.811. The van der Waals surface area contributed by atoms with Gasteiger partial charge in [-0.3, -0.25) is 4.79 Å². The van der Waals surface area contributed by atoms with Gasteiger partial charge in [0.1, 0.15) is 0 Å². The Balaban J connectivity index is 2.09. The molecule has 24 heavy (non-hydrogen) atoms. The Morgan fingerprint density at radius 1 is 1.08 bits per heavy atom. The SMILES string of the molecule is COc1cc(/C=C/C(=O)N[C@H]2CCCC[C@@H]2C)cc(OC)c1OC. The minimum absolute atomic E-state index is 0.0671. The standard InChI is InChI=1S/C19H27NO4/c1-13-7-5-6-8-15(13)20-18(21)10-9-14-11-16(22-2)19(24-4)17(12-14)23-3/h9-13,15H,5-8H2,1-4H3,(H,20,21)/b10-9+/t13-,15-/m0/s1. The van der Waals surface area contributed by atoms with E-state index in [9.17, 15) is 4.79 Å². The van der Waals surface area contributed by atoms with E-state index >= 15 is 0 Å². The number of nitrogens with one attached hydrogen (secondary N) is 1. The van der Waals surface area contributed by atoms with Gasteiger partial charge in [0.05, 0.1) is 21.3 Å². The smallest absolute Gasteiger partial charge is 0.244 e. The maximum atomic E-state index is 12.2. The highest BCUT2D eigenvalue weighted by Gasteiger charge is 2.22. The Kier molecular flexibility index (Phi) is 6.53. The molecule has 2 rings (SSSR count). The van der Waals surface area contributed by atoms with Crippen molar-refractivity contribution in [2.24, 2.45) is 5.92 Å². The molecule has 0 unspecified atom stereocenters. The van der Waals surface area contributed by atoms with Crippen molar-refractivity contribution in [3.63, 3.8) is 0 Å². The molecular formula is C19H27NO4. The van der Waals surface area contributed by atoms with Gasteiger partial charge in [0.25, 0.3) is 0 Å². The van der Waals surface area contributed by atoms with Crippen LogP contribution in [0.5, 0.6) is 17.2 Å². The zero-order valence-corrected chi connectivity index (χ0v) is 14.9. The number of carbonyl (C=O) groups is 1. The van der Waals surface area contributed by atoms with E-state index in [4.69, 9.17) is 14.2 Å². The monoisotopic (exact) mass is 333 g/mol. The number of hydrogen-bond acceptors (Lipinski definition) is 4. The van der Waals surface area contributed by atoms with E-state index in [-0.39, 0.29) is 11.9 Å². The molecule has 0 radical (unpaired) electrons. The van der Waals surface area contributed by atoms with Crippen LogP contribution in [0.15, 0.2) is 18.2 Å². The minimum Gasteiger partial charge on any atom is -0.493 e. The normalized spacial score (nSPS) is 20.7. The first-order valence-corrected chi connectivity index (χ1v) is 8.37. The third-order valence-corrected chi connectivity index (χ3v) is 4.55. The molecule has 1 aromatic rings. The Hall–Kier alpha value is -2.17. The predicted octanol–water partition coefficient (Wildman–Crippen LogP) is 3.42. The van der Waals surface area contributed by atoms with Gasteiger partial charge in [0, 0.05) is 12.1 Å². The summed E-state index contributed by atoms with van der Waals surface area (Å²) >= 11 is 0. The summed E-state index contributed by atoms with van der Waals surface area (Å²) in [7, 11) is 4.71. The van der Waals surface area contributed by atoms with E-state index in [1.54, 1.807) is 33.5 Å². The largest absolute Gasteiger partial charge is 0.493 e. The van der Waals surface area contributed by atoms with Gasteiger partial charge in [-0.15, -0.1) is 0 Å². The topological polar surface area (TPSA) is 56.8 Å². The summed E-state index contributed by atoms with van der Waals surface area (Å²) in [5, 5.41) is 3.11. The highest BCUT2D eigenvalue weighted by atomic mass is 16.5. The second-order valence-corrected chi connectivity index (χ2v) is 6.17. The molecule has 2 atom stereocenters. The molecule has 1 N–H and O–H groups in total. The van der Waals surface area contributed by atoms with E-state index in [1.165, 1.54) is 19.3 Å². The molecule has 0 spiro atoms. The van der Waals surface area contributed by atoms with Crippen molar-refractivity contribution in [1.82, 2.24) is 5.32 Å². The van der Waals surface area contributed by atoms with Gasteiger partial charge in [-0.2, -0.15) is 0 Å². The number of hydrogen-bond donors (Lipinski definition) is 1. The summed E-state index contributed by atoms with van der Waals surface area (Å²) in [5.41, 5.74) is 0.816. The van der Waals surface area contributed by atoms with Crippen molar-refractivity contribution in [3.05, 3.63) is 23.8 Å². The molecule has 0 bridgehead atoms. The van der Waals surface area contributed by atoms with Gasteiger partial charge >= 0.3 is 0 Å². The molecule has 0 heterocycles. The van der Waals surface area contributed by atoms with Crippen molar-refractivity contribution >= 4 is 12.0 Å². The molecule has 1 amide bonds. The lowest BCUT2D eigenvalue weighted by Gasteiger charge is -2.29. The molecule has 1 saturated carbocycles. The highest BCUT2D eigenvalue weighted by Crippen LogP contribution is 2.38. The zero-order chi connectivity index (χ0) is 17.5. The summed E-state index contributed by atoms with van der Waals surface area (Å²) in [6.45, 7) is 2.20. The van der Waals surface area contributed by atoms with Crippen LogP contribution in [0.1, 0.15) is 38.2 Å². The van der Waals surface area contributed by atoms with Crippen LogP contribution in [-0.4, -0.2) is 33.3 Å². The van der Waals surface area contributed by atoms with Gasteiger partial charge in [-0.05, 0) is 42.5 Å². The summed E-state index contributed by atoms with van der Waals surface area (Å²) in [5.74, 6) is 2.15. The Bertz CT molecular complexity index is 572. The molecule has 5 nitrogen and oxygen atoms in total. The average Bonchev–Trinajstić information content (AvgIpc) is 2.60. The summed E-state index contributed by atoms with van der Waals surface area (Å²) in [6, 6.07) is 3.90. The molecule has 1 fully saturated rings. The molecule has 1 aliphatic rings. The van der Waals surface area contributed by atoms with Crippen LogP contribution < -0.4 is 19.5 Å². The fourth-order valence-corrected chi connectivity index (χ4v) is 3.13. The van der Waals surface area contributed by atoms with Crippen molar-refractivity contribution in [1.29, 1.82) is 0 Å². The number of carbonyl (C=O) groups excluding carboxylic acids is 1. The van der Waals surface area contributed by atoms with Gasteiger partial charge in [0.2, 0.25) is 11.7 Å². The Morgan fingerprint density at radius 3 is 2.25 bits per heavy atom. The minimum atomic E-state index is -0.0671. The first kappa shape index (κ1) is 18.2. The Morgan fingerprint density at radius 2 is 1.71 bits per heavy atom. The van der Waals surface area contributed by atoms with E-state index < -0.39 is 0 Å². The molecule has 0 aliphatic heterocycles. The zero-order valence-electron chi connectivity index (χ0n) is 14.9. The predicted molar refractivity (Wildman–Crippen MR) is 94.7 cm³/mol. The van der Waals surface area contributed by atoms with Crippen LogP contribution in [0.2, 0.25) is 0 Å². The lowest BCUT2D eigenvalue weighted by atomic mass is 9.86. The lowest BCUT2D eigenvalue weighted by molar-refractivity contribution is -0.117. The molecule has 0 aromatic heterocycles. The van der Waals surface area contributed by atoms with Crippen LogP contribution in [0.4, 0.5) is 0 Å². The van der Waals surface area contributed by atoms with E-state index in [0.29, 0.717) is 23.2 Å².